The number of aliphatic carboxylic acids is 1. The third-order valence-electron chi connectivity index (χ3n) is 5.30. The van der Waals surface area contributed by atoms with Crippen molar-refractivity contribution in [3.8, 4) is 5.88 Å². The fourth-order valence-corrected chi connectivity index (χ4v) is 3.87. The van der Waals surface area contributed by atoms with E-state index in [2.05, 4.69) is 9.88 Å². The SMILES string of the molecule is C[C@@H]1CN(Cc2ccc(F)cc2)[C@@H](C)CN1C(=O)COc1ncc(Cl)cc1CC(=O)O. The average Bonchev–Trinajstić information content (AvgIpc) is 2.71. The molecule has 2 heterocycles. The van der Waals surface area contributed by atoms with Crippen LogP contribution >= 0.6 is 11.6 Å². The molecule has 0 bridgehead atoms. The number of nitrogens with zero attached hydrogens (tertiary/aromatic N) is 3. The summed E-state index contributed by atoms with van der Waals surface area (Å²) in [5, 5.41) is 9.35. The zero-order valence-corrected chi connectivity index (χ0v) is 18.2. The Hall–Kier alpha value is -2.71. The number of carboxylic acid groups (broad SMARTS) is 1. The molecule has 7 nitrogen and oxygen atoms in total. The molecule has 1 aliphatic rings. The minimum absolute atomic E-state index is 0.0376. The van der Waals surface area contributed by atoms with E-state index < -0.39 is 5.97 Å². The third-order valence-corrected chi connectivity index (χ3v) is 5.51. The van der Waals surface area contributed by atoms with E-state index in [0.717, 1.165) is 5.56 Å². The molecule has 2 atom stereocenters. The highest BCUT2D eigenvalue weighted by molar-refractivity contribution is 6.30. The molecule has 0 radical (unpaired) electrons. The number of benzene rings is 1. The number of ether oxygens (including phenoxy) is 1. The Kier molecular flexibility index (Phi) is 7.46. The highest BCUT2D eigenvalue weighted by atomic mass is 35.5. The summed E-state index contributed by atoms with van der Waals surface area (Å²) in [5.74, 6) is -1.41. The molecule has 0 saturated carbocycles. The van der Waals surface area contributed by atoms with Crippen LogP contribution in [0.2, 0.25) is 5.02 Å². The lowest BCUT2D eigenvalue weighted by Gasteiger charge is -2.44. The van der Waals surface area contributed by atoms with Crippen molar-refractivity contribution in [2.45, 2.75) is 38.9 Å². The van der Waals surface area contributed by atoms with E-state index >= 15 is 0 Å². The molecule has 1 aromatic heterocycles. The van der Waals surface area contributed by atoms with Gasteiger partial charge in [0.1, 0.15) is 5.82 Å². The van der Waals surface area contributed by atoms with Crippen molar-refractivity contribution in [3.05, 3.63) is 58.5 Å². The summed E-state index contributed by atoms with van der Waals surface area (Å²) in [6, 6.07) is 7.98. The second-order valence-electron chi connectivity index (χ2n) is 7.78. The molecule has 1 fully saturated rings. The summed E-state index contributed by atoms with van der Waals surface area (Å²) in [7, 11) is 0. The number of piperazine rings is 1. The van der Waals surface area contributed by atoms with E-state index in [0.29, 0.717) is 30.2 Å². The van der Waals surface area contributed by atoms with Crippen molar-refractivity contribution in [3.63, 3.8) is 0 Å². The van der Waals surface area contributed by atoms with Crippen molar-refractivity contribution in [1.82, 2.24) is 14.8 Å². The number of hydrogen-bond donors (Lipinski definition) is 1. The fraction of sp³-hybridized carbons (Fsp3) is 0.409. The van der Waals surface area contributed by atoms with Gasteiger partial charge in [0.05, 0.1) is 11.4 Å². The average molecular weight is 450 g/mol. The van der Waals surface area contributed by atoms with Gasteiger partial charge >= 0.3 is 5.97 Å². The number of carboxylic acids is 1. The molecule has 9 heteroatoms. The molecule has 1 aliphatic heterocycles. The summed E-state index contributed by atoms with van der Waals surface area (Å²) in [6.45, 7) is 5.66. The summed E-state index contributed by atoms with van der Waals surface area (Å²) < 4.78 is 18.7. The quantitative estimate of drug-likeness (QED) is 0.699. The van der Waals surface area contributed by atoms with Crippen LogP contribution < -0.4 is 4.74 Å². The second-order valence-corrected chi connectivity index (χ2v) is 8.21. The second kappa shape index (κ2) is 10.1. The van der Waals surface area contributed by atoms with Crippen molar-refractivity contribution < 1.29 is 23.8 Å². The number of hydrogen-bond acceptors (Lipinski definition) is 5. The van der Waals surface area contributed by atoms with Crippen LogP contribution in [0.15, 0.2) is 36.5 Å². The maximum absolute atomic E-state index is 13.1. The number of pyridine rings is 1. The molecule has 1 N–H and O–H groups in total. The van der Waals surface area contributed by atoms with Gasteiger partial charge in [-0.25, -0.2) is 9.37 Å². The van der Waals surface area contributed by atoms with Crippen LogP contribution in [0.25, 0.3) is 0 Å². The van der Waals surface area contributed by atoms with Crippen LogP contribution in [0.5, 0.6) is 5.88 Å². The van der Waals surface area contributed by atoms with Crippen LogP contribution in [-0.4, -0.2) is 63.5 Å². The number of halogens is 2. The van der Waals surface area contributed by atoms with Crippen LogP contribution in [0.4, 0.5) is 4.39 Å². The van der Waals surface area contributed by atoms with E-state index in [1.54, 1.807) is 17.0 Å². The molecule has 1 amide bonds. The first-order chi connectivity index (χ1) is 14.7. The topological polar surface area (TPSA) is 83.0 Å². The van der Waals surface area contributed by atoms with Gasteiger partial charge in [-0.2, -0.15) is 0 Å². The van der Waals surface area contributed by atoms with Gasteiger partial charge in [0.25, 0.3) is 5.91 Å². The number of amides is 1. The van der Waals surface area contributed by atoms with Gasteiger partial charge in [-0.15, -0.1) is 0 Å². The Bertz CT molecular complexity index is 941. The summed E-state index contributed by atoms with van der Waals surface area (Å²) in [5.41, 5.74) is 1.33. The standard InChI is InChI=1S/C22H25ClFN3O4/c1-14-11-27(15(2)10-26(14)12-16-3-5-19(24)6-4-16)20(28)13-31-22-17(8-21(29)30)7-18(23)9-25-22/h3-7,9,14-15H,8,10-13H2,1-2H3,(H,29,30)/t14-,15+/m0/s1. The fourth-order valence-electron chi connectivity index (χ4n) is 3.69. The highest BCUT2D eigenvalue weighted by Gasteiger charge is 2.32. The van der Waals surface area contributed by atoms with Crippen molar-refractivity contribution in [1.29, 1.82) is 0 Å². The molecule has 2 aromatic rings. The maximum Gasteiger partial charge on any atom is 0.308 e. The highest BCUT2D eigenvalue weighted by Crippen LogP contribution is 2.22. The lowest BCUT2D eigenvalue weighted by molar-refractivity contribution is -0.139. The zero-order chi connectivity index (χ0) is 22.5. The van der Waals surface area contributed by atoms with E-state index in [1.807, 2.05) is 13.8 Å². The first-order valence-corrected chi connectivity index (χ1v) is 10.4. The largest absolute Gasteiger partial charge is 0.481 e. The first-order valence-electron chi connectivity index (χ1n) is 10.00. The first kappa shape index (κ1) is 23.0. The molecule has 1 aromatic carbocycles. The van der Waals surface area contributed by atoms with Gasteiger partial charge in [0.15, 0.2) is 6.61 Å². The molecule has 0 unspecified atom stereocenters. The molecule has 166 valence electrons. The Balaban J connectivity index is 1.59. The Morgan fingerprint density at radius 1 is 1.23 bits per heavy atom. The predicted molar refractivity (Wildman–Crippen MR) is 114 cm³/mol. The lowest BCUT2D eigenvalue weighted by Crippen LogP contribution is -2.58. The van der Waals surface area contributed by atoms with Crippen LogP contribution in [0.3, 0.4) is 0 Å². The Labute approximate surface area is 185 Å². The van der Waals surface area contributed by atoms with Crippen molar-refractivity contribution in [2.75, 3.05) is 19.7 Å². The monoisotopic (exact) mass is 449 g/mol. The Morgan fingerprint density at radius 3 is 2.61 bits per heavy atom. The molecular weight excluding hydrogens is 425 g/mol. The Morgan fingerprint density at radius 2 is 1.94 bits per heavy atom. The molecule has 0 aliphatic carbocycles. The molecule has 1 saturated heterocycles. The minimum Gasteiger partial charge on any atom is -0.481 e. The molecule has 31 heavy (non-hydrogen) atoms. The zero-order valence-electron chi connectivity index (χ0n) is 17.4. The van der Waals surface area contributed by atoms with Gasteiger partial charge in [0, 0.05) is 43.5 Å². The van der Waals surface area contributed by atoms with Gasteiger partial charge in [-0.1, -0.05) is 23.7 Å². The number of rotatable bonds is 7. The lowest BCUT2D eigenvalue weighted by atomic mass is 10.1. The van der Waals surface area contributed by atoms with E-state index in [1.165, 1.54) is 24.4 Å². The van der Waals surface area contributed by atoms with E-state index in [4.69, 9.17) is 21.4 Å². The number of carbonyl (C=O) groups excluding carboxylic acids is 1. The maximum atomic E-state index is 13.1. The van der Waals surface area contributed by atoms with Crippen LogP contribution in [0.1, 0.15) is 25.0 Å². The summed E-state index contributed by atoms with van der Waals surface area (Å²) in [4.78, 5) is 31.9. The van der Waals surface area contributed by atoms with Gasteiger partial charge in [-0.3, -0.25) is 14.5 Å². The summed E-state index contributed by atoms with van der Waals surface area (Å²) in [6.07, 6.45) is 1.05. The summed E-state index contributed by atoms with van der Waals surface area (Å²) >= 11 is 5.89. The normalized spacial score (nSPS) is 19.3. The molecule has 3 rings (SSSR count). The van der Waals surface area contributed by atoms with Crippen LogP contribution in [0, 0.1) is 5.82 Å². The van der Waals surface area contributed by atoms with Crippen LogP contribution in [-0.2, 0) is 22.6 Å². The van der Waals surface area contributed by atoms with Gasteiger partial charge < -0.3 is 14.7 Å². The minimum atomic E-state index is -1.04. The van der Waals surface area contributed by atoms with Crippen molar-refractivity contribution in [2.24, 2.45) is 0 Å². The molecule has 0 spiro atoms. The van der Waals surface area contributed by atoms with E-state index in [9.17, 15) is 14.0 Å². The third kappa shape index (κ3) is 6.15. The smallest absolute Gasteiger partial charge is 0.308 e. The molecular formula is C22H25ClFN3O4. The van der Waals surface area contributed by atoms with Gasteiger partial charge in [-0.05, 0) is 37.6 Å². The number of aromatic nitrogens is 1. The number of carbonyl (C=O) groups is 2. The van der Waals surface area contributed by atoms with Crippen molar-refractivity contribution >= 4 is 23.5 Å². The van der Waals surface area contributed by atoms with E-state index in [-0.39, 0.29) is 42.7 Å². The van der Waals surface area contributed by atoms with Gasteiger partial charge in [0.2, 0.25) is 5.88 Å². The predicted octanol–water partition coefficient (Wildman–Crippen LogP) is 3.00.